The minimum Gasteiger partial charge on any atom is -0.507 e. The monoisotopic (exact) mass is 391 g/mol. The summed E-state index contributed by atoms with van der Waals surface area (Å²) in [6.45, 7) is 4.35. The molecule has 1 unspecified atom stereocenters. The van der Waals surface area contributed by atoms with Gasteiger partial charge in [0.1, 0.15) is 6.10 Å². The van der Waals surface area contributed by atoms with Crippen molar-refractivity contribution in [1.29, 1.82) is 0 Å². The molecule has 0 saturated carbocycles. The van der Waals surface area contributed by atoms with Gasteiger partial charge in [-0.25, -0.2) is 0 Å². The average molecular weight is 391 g/mol. The molecule has 2 N–H and O–H groups in total. The van der Waals surface area contributed by atoms with E-state index in [-0.39, 0.29) is 35.4 Å². The van der Waals surface area contributed by atoms with Gasteiger partial charge in [0.05, 0.1) is 12.3 Å². The Bertz CT molecular complexity index is 901. The van der Waals surface area contributed by atoms with Gasteiger partial charge in [-0.15, -0.1) is 0 Å². The zero-order chi connectivity index (χ0) is 20.5. The maximum absolute atomic E-state index is 13.1. The summed E-state index contributed by atoms with van der Waals surface area (Å²) in [5, 5.41) is 26.6. The van der Waals surface area contributed by atoms with Gasteiger partial charge >= 0.3 is 0 Å². The number of nitrogens with zero attached hydrogens (tertiary/aromatic N) is 3. The van der Waals surface area contributed by atoms with Crippen molar-refractivity contribution in [2.24, 2.45) is 5.10 Å². The van der Waals surface area contributed by atoms with E-state index in [2.05, 4.69) is 29.4 Å². The van der Waals surface area contributed by atoms with E-state index in [9.17, 15) is 15.0 Å². The number of aliphatic hydroxyl groups is 2. The summed E-state index contributed by atoms with van der Waals surface area (Å²) in [7, 11) is 0. The highest BCUT2D eigenvalue weighted by molar-refractivity contribution is 5.96. The van der Waals surface area contributed by atoms with E-state index in [4.69, 9.17) is 0 Å². The number of aliphatic hydroxyl groups excluding tert-OH is 2. The second kappa shape index (κ2) is 7.72. The summed E-state index contributed by atoms with van der Waals surface area (Å²) >= 11 is 0. The highest BCUT2D eigenvalue weighted by Gasteiger charge is 2.45. The van der Waals surface area contributed by atoms with E-state index in [1.165, 1.54) is 6.21 Å². The Morgan fingerprint density at radius 1 is 1.00 bits per heavy atom. The summed E-state index contributed by atoms with van der Waals surface area (Å²) in [4.78, 5) is 14.8. The number of fused-ring (bicyclic) bond motifs is 1. The van der Waals surface area contributed by atoms with Gasteiger partial charge < -0.3 is 15.1 Å². The fourth-order valence-corrected chi connectivity index (χ4v) is 4.13. The molecule has 150 valence electrons. The lowest BCUT2D eigenvalue weighted by molar-refractivity contribution is -0.136. The minimum absolute atomic E-state index is 0.0531. The fourth-order valence-electron chi connectivity index (χ4n) is 4.13. The van der Waals surface area contributed by atoms with Crippen LogP contribution in [0.4, 0.5) is 0 Å². The van der Waals surface area contributed by atoms with Gasteiger partial charge in [-0.05, 0) is 25.0 Å². The topological polar surface area (TPSA) is 76.4 Å². The summed E-state index contributed by atoms with van der Waals surface area (Å²) in [5.74, 6) is -0.744. The molecule has 0 bridgehead atoms. The molecule has 2 aliphatic heterocycles. The Kier molecular flexibility index (Phi) is 5.11. The molecule has 2 atom stereocenters. The number of hydrazone groups is 1. The largest absolute Gasteiger partial charge is 0.507 e. The molecule has 2 aliphatic rings. The Morgan fingerprint density at radius 2 is 1.55 bits per heavy atom. The first-order chi connectivity index (χ1) is 14.0. The molecule has 4 rings (SSSR count). The SMILES string of the molecule is CC(C)N1C[C@H](C(c2ccccc2)c2ccccc2)N2N=CC(O)C(O)=C2C1=O. The second-order valence-electron chi connectivity index (χ2n) is 7.71. The van der Waals surface area contributed by atoms with Crippen LogP contribution in [0.1, 0.15) is 30.9 Å². The molecule has 0 aromatic heterocycles. The van der Waals surface area contributed by atoms with E-state index in [0.717, 1.165) is 11.1 Å². The number of carbonyl (C=O) groups excluding carboxylic acids is 1. The van der Waals surface area contributed by atoms with Crippen LogP contribution >= 0.6 is 0 Å². The van der Waals surface area contributed by atoms with Crippen molar-refractivity contribution in [2.75, 3.05) is 6.54 Å². The van der Waals surface area contributed by atoms with Gasteiger partial charge in [0.25, 0.3) is 5.91 Å². The number of carbonyl (C=O) groups is 1. The maximum atomic E-state index is 13.1. The van der Waals surface area contributed by atoms with Gasteiger partial charge in [-0.3, -0.25) is 9.80 Å². The summed E-state index contributed by atoms with van der Waals surface area (Å²) in [6.07, 6.45) is 0.00172. The highest BCUT2D eigenvalue weighted by atomic mass is 16.3. The third-order valence-electron chi connectivity index (χ3n) is 5.57. The van der Waals surface area contributed by atoms with Gasteiger partial charge in [0.2, 0.25) is 0 Å². The number of piperazine rings is 1. The zero-order valence-electron chi connectivity index (χ0n) is 16.5. The Hall–Kier alpha value is -3.12. The third kappa shape index (κ3) is 3.40. The van der Waals surface area contributed by atoms with Crippen LogP contribution < -0.4 is 0 Å². The smallest absolute Gasteiger partial charge is 0.276 e. The molecule has 0 radical (unpaired) electrons. The Balaban J connectivity index is 1.87. The van der Waals surface area contributed by atoms with Crippen molar-refractivity contribution in [3.8, 4) is 0 Å². The van der Waals surface area contributed by atoms with Crippen LogP contribution in [0, 0.1) is 0 Å². The lowest BCUT2D eigenvalue weighted by Crippen LogP contribution is -2.58. The Morgan fingerprint density at radius 3 is 2.07 bits per heavy atom. The molecular formula is C23H25N3O3. The number of benzene rings is 2. The van der Waals surface area contributed by atoms with E-state index in [1.807, 2.05) is 50.2 Å². The van der Waals surface area contributed by atoms with E-state index >= 15 is 0 Å². The van der Waals surface area contributed by atoms with Gasteiger partial charge in [0.15, 0.2) is 11.5 Å². The van der Waals surface area contributed by atoms with Crippen molar-refractivity contribution >= 4 is 12.1 Å². The van der Waals surface area contributed by atoms with Crippen molar-refractivity contribution in [3.05, 3.63) is 83.2 Å². The van der Waals surface area contributed by atoms with Crippen LogP contribution in [0.5, 0.6) is 0 Å². The molecule has 29 heavy (non-hydrogen) atoms. The van der Waals surface area contributed by atoms with Crippen molar-refractivity contribution in [2.45, 2.75) is 38.0 Å². The first-order valence-electron chi connectivity index (χ1n) is 9.84. The molecule has 0 spiro atoms. The number of rotatable bonds is 4. The maximum Gasteiger partial charge on any atom is 0.276 e. The molecule has 1 saturated heterocycles. The van der Waals surface area contributed by atoms with Crippen molar-refractivity contribution in [1.82, 2.24) is 9.91 Å². The summed E-state index contributed by atoms with van der Waals surface area (Å²) in [6, 6.07) is 19.9. The van der Waals surface area contributed by atoms with Crippen LogP contribution in [0.3, 0.4) is 0 Å². The lowest BCUT2D eigenvalue weighted by atomic mass is 9.83. The highest BCUT2D eigenvalue weighted by Crippen LogP contribution is 2.38. The van der Waals surface area contributed by atoms with E-state index < -0.39 is 6.10 Å². The number of amides is 1. The molecule has 2 aromatic carbocycles. The van der Waals surface area contributed by atoms with Gasteiger partial charge in [-0.2, -0.15) is 5.10 Å². The quantitative estimate of drug-likeness (QED) is 0.840. The van der Waals surface area contributed by atoms with Crippen molar-refractivity contribution in [3.63, 3.8) is 0 Å². The van der Waals surface area contributed by atoms with E-state index in [1.54, 1.807) is 9.91 Å². The molecule has 2 heterocycles. The number of hydrogen-bond donors (Lipinski definition) is 2. The number of hydrogen-bond acceptors (Lipinski definition) is 5. The van der Waals surface area contributed by atoms with Crippen LogP contribution in [0.15, 0.2) is 77.2 Å². The van der Waals surface area contributed by atoms with Crippen LogP contribution in [-0.2, 0) is 4.79 Å². The molecular weight excluding hydrogens is 366 g/mol. The van der Waals surface area contributed by atoms with Crippen LogP contribution in [0.25, 0.3) is 0 Å². The van der Waals surface area contributed by atoms with Crippen LogP contribution in [-0.4, -0.2) is 57.0 Å². The lowest BCUT2D eigenvalue weighted by Gasteiger charge is -2.46. The molecule has 0 aliphatic carbocycles. The second-order valence-corrected chi connectivity index (χ2v) is 7.71. The predicted octanol–water partition coefficient (Wildman–Crippen LogP) is 2.87. The molecule has 1 fully saturated rings. The first-order valence-corrected chi connectivity index (χ1v) is 9.84. The zero-order valence-corrected chi connectivity index (χ0v) is 16.5. The van der Waals surface area contributed by atoms with Gasteiger partial charge in [0, 0.05) is 18.5 Å². The normalized spacial score (nSPS) is 21.9. The van der Waals surface area contributed by atoms with E-state index in [0.29, 0.717) is 6.54 Å². The molecule has 2 aromatic rings. The summed E-state index contributed by atoms with van der Waals surface area (Å²) in [5.41, 5.74) is 2.26. The van der Waals surface area contributed by atoms with Crippen LogP contribution in [0.2, 0.25) is 0 Å². The Labute approximate surface area is 170 Å². The fraction of sp³-hybridized carbons (Fsp3) is 0.304. The third-order valence-corrected chi connectivity index (χ3v) is 5.57. The average Bonchev–Trinajstić information content (AvgIpc) is 2.73. The van der Waals surface area contributed by atoms with Crippen molar-refractivity contribution < 1.29 is 15.0 Å². The summed E-state index contributed by atoms with van der Waals surface area (Å²) < 4.78 is 0. The standard InChI is InChI=1S/C23H25N3O3/c1-15(2)25-14-18(26-21(23(25)29)22(28)19(27)13-24-26)20(16-9-5-3-6-10-16)17-11-7-4-8-12-17/h3-13,15,18-20,27-28H,14H2,1-2H3/t18-,19?/m1/s1. The predicted molar refractivity (Wildman–Crippen MR) is 111 cm³/mol. The molecule has 6 nitrogen and oxygen atoms in total. The first kappa shape index (κ1) is 19.2. The molecule has 1 amide bonds. The van der Waals surface area contributed by atoms with Gasteiger partial charge in [-0.1, -0.05) is 60.7 Å². The minimum atomic E-state index is -1.27. The molecule has 6 heteroatoms.